The number of hydrogen-bond donors (Lipinski definition) is 0. The first-order chi connectivity index (χ1) is 6.91. The second-order valence-corrected chi connectivity index (χ2v) is 3.25. The summed E-state index contributed by atoms with van der Waals surface area (Å²) in [5, 5.41) is 0. The molecule has 0 saturated carbocycles. The van der Waals surface area contributed by atoms with E-state index >= 15 is 0 Å². The van der Waals surface area contributed by atoms with Crippen molar-refractivity contribution in [3.05, 3.63) is 11.5 Å². The molecule has 1 aliphatic heterocycles. The number of carbonyl (C=O) groups excluding carboxylic acids is 2. The Balaban J connectivity index is 3.03. The van der Waals surface area contributed by atoms with Crippen molar-refractivity contribution in [3.8, 4) is 0 Å². The fourth-order valence-electron chi connectivity index (χ4n) is 1.06. The number of carbonyl (C=O) groups is 2. The van der Waals surface area contributed by atoms with E-state index in [1.165, 1.54) is 14.2 Å². The molecule has 1 heterocycles. The Morgan fingerprint density at radius 2 is 1.33 bits per heavy atom. The van der Waals surface area contributed by atoms with Crippen molar-refractivity contribution in [1.29, 1.82) is 0 Å². The zero-order valence-corrected chi connectivity index (χ0v) is 8.95. The highest BCUT2D eigenvalue weighted by Gasteiger charge is 2.42. The zero-order valence-electron chi connectivity index (χ0n) is 8.95. The SMILES string of the molecule is COC(=O)C1=C(C(=O)OC)OC(C)(C)O1. The average molecular weight is 216 g/mol. The first kappa shape index (κ1) is 11.4. The van der Waals surface area contributed by atoms with Crippen LogP contribution >= 0.6 is 0 Å². The minimum Gasteiger partial charge on any atom is -0.463 e. The van der Waals surface area contributed by atoms with E-state index in [-0.39, 0.29) is 11.5 Å². The van der Waals surface area contributed by atoms with Gasteiger partial charge in [-0.05, 0) is 0 Å². The third-order valence-electron chi connectivity index (χ3n) is 1.64. The van der Waals surface area contributed by atoms with Crippen molar-refractivity contribution in [2.75, 3.05) is 14.2 Å². The molecule has 0 saturated heterocycles. The largest absolute Gasteiger partial charge is 0.463 e. The summed E-state index contributed by atoms with van der Waals surface area (Å²) in [4.78, 5) is 22.5. The Morgan fingerprint density at radius 3 is 1.60 bits per heavy atom. The number of ether oxygens (including phenoxy) is 4. The third kappa shape index (κ3) is 2.20. The predicted molar refractivity (Wildman–Crippen MR) is 47.3 cm³/mol. The smallest absolute Gasteiger partial charge is 0.377 e. The van der Waals surface area contributed by atoms with Crippen molar-refractivity contribution in [2.45, 2.75) is 19.6 Å². The van der Waals surface area contributed by atoms with Crippen LogP contribution in [0, 0.1) is 0 Å². The Hall–Kier alpha value is -1.72. The van der Waals surface area contributed by atoms with Gasteiger partial charge < -0.3 is 18.9 Å². The highest BCUT2D eigenvalue weighted by atomic mass is 16.7. The lowest BCUT2D eigenvalue weighted by Gasteiger charge is -2.17. The Kier molecular flexibility index (Phi) is 2.88. The zero-order chi connectivity index (χ0) is 11.6. The topological polar surface area (TPSA) is 71.1 Å². The summed E-state index contributed by atoms with van der Waals surface area (Å²) in [5.41, 5.74) is 0. The second-order valence-electron chi connectivity index (χ2n) is 3.25. The number of methoxy groups -OCH3 is 2. The van der Waals surface area contributed by atoms with Crippen LogP contribution in [-0.4, -0.2) is 31.9 Å². The van der Waals surface area contributed by atoms with Crippen LogP contribution in [0.5, 0.6) is 0 Å². The maximum absolute atomic E-state index is 11.2. The van der Waals surface area contributed by atoms with Gasteiger partial charge in [0.15, 0.2) is 0 Å². The highest BCUT2D eigenvalue weighted by molar-refractivity contribution is 5.98. The van der Waals surface area contributed by atoms with Gasteiger partial charge >= 0.3 is 11.9 Å². The maximum atomic E-state index is 11.2. The third-order valence-corrected chi connectivity index (χ3v) is 1.64. The predicted octanol–water partition coefficient (Wildman–Crippen LogP) is 0.327. The van der Waals surface area contributed by atoms with Gasteiger partial charge in [-0.25, -0.2) is 9.59 Å². The molecular weight excluding hydrogens is 204 g/mol. The van der Waals surface area contributed by atoms with E-state index in [2.05, 4.69) is 9.47 Å². The molecule has 0 amide bonds. The van der Waals surface area contributed by atoms with E-state index in [0.29, 0.717) is 0 Å². The van der Waals surface area contributed by atoms with Gasteiger partial charge in [0, 0.05) is 13.8 Å². The van der Waals surface area contributed by atoms with Crippen LogP contribution in [0.1, 0.15) is 13.8 Å². The van der Waals surface area contributed by atoms with E-state index in [1.54, 1.807) is 13.8 Å². The lowest BCUT2D eigenvalue weighted by Crippen LogP contribution is -2.22. The maximum Gasteiger partial charge on any atom is 0.377 e. The van der Waals surface area contributed by atoms with Crippen LogP contribution in [0.25, 0.3) is 0 Å². The van der Waals surface area contributed by atoms with Crippen molar-refractivity contribution >= 4 is 11.9 Å². The Bertz CT molecular complexity index is 297. The summed E-state index contributed by atoms with van der Waals surface area (Å²) in [7, 11) is 2.36. The van der Waals surface area contributed by atoms with Crippen molar-refractivity contribution in [3.63, 3.8) is 0 Å². The molecule has 0 fully saturated rings. The molecule has 1 rings (SSSR count). The molecule has 6 nitrogen and oxygen atoms in total. The van der Waals surface area contributed by atoms with Gasteiger partial charge in [0.1, 0.15) is 0 Å². The van der Waals surface area contributed by atoms with Gasteiger partial charge in [-0.1, -0.05) is 0 Å². The fourth-order valence-corrected chi connectivity index (χ4v) is 1.06. The molecule has 0 spiro atoms. The summed E-state index contributed by atoms with van der Waals surface area (Å²) in [5.74, 6) is -3.17. The number of hydrogen-bond acceptors (Lipinski definition) is 6. The summed E-state index contributed by atoms with van der Waals surface area (Å²) in [6, 6.07) is 0. The Morgan fingerprint density at radius 1 is 1.00 bits per heavy atom. The van der Waals surface area contributed by atoms with Gasteiger partial charge in [0.25, 0.3) is 11.5 Å². The minimum atomic E-state index is -1.08. The molecular formula is C9H12O6. The van der Waals surface area contributed by atoms with E-state index in [1.807, 2.05) is 0 Å². The van der Waals surface area contributed by atoms with Crippen LogP contribution in [0.15, 0.2) is 11.5 Å². The molecule has 6 heteroatoms. The molecule has 0 N–H and O–H groups in total. The fraction of sp³-hybridized carbons (Fsp3) is 0.556. The van der Waals surface area contributed by atoms with Crippen molar-refractivity contribution < 1.29 is 28.5 Å². The molecule has 0 aliphatic carbocycles. The first-order valence-corrected chi connectivity index (χ1v) is 4.20. The lowest BCUT2D eigenvalue weighted by molar-refractivity contribution is -0.158. The quantitative estimate of drug-likeness (QED) is 0.619. The molecule has 0 aromatic heterocycles. The standard InChI is InChI=1S/C9H12O6/c1-9(2)14-5(7(10)12-3)6(15-9)8(11)13-4/h1-4H3. The molecule has 0 unspecified atom stereocenters. The number of esters is 2. The lowest BCUT2D eigenvalue weighted by atomic mass is 10.4. The monoisotopic (exact) mass is 216 g/mol. The summed E-state index contributed by atoms with van der Waals surface area (Å²) >= 11 is 0. The molecule has 84 valence electrons. The van der Waals surface area contributed by atoms with Gasteiger partial charge in [-0.3, -0.25) is 0 Å². The van der Waals surface area contributed by atoms with Crippen LogP contribution in [-0.2, 0) is 28.5 Å². The van der Waals surface area contributed by atoms with Crippen molar-refractivity contribution in [1.82, 2.24) is 0 Å². The van der Waals surface area contributed by atoms with E-state index in [9.17, 15) is 9.59 Å². The molecule has 0 radical (unpaired) electrons. The first-order valence-electron chi connectivity index (χ1n) is 4.20. The van der Waals surface area contributed by atoms with E-state index < -0.39 is 17.7 Å². The molecule has 0 aromatic carbocycles. The highest BCUT2D eigenvalue weighted by Crippen LogP contribution is 2.31. The van der Waals surface area contributed by atoms with Crippen LogP contribution in [0.2, 0.25) is 0 Å². The molecule has 15 heavy (non-hydrogen) atoms. The molecule has 1 aliphatic rings. The molecule has 0 bridgehead atoms. The normalized spacial score (nSPS) is 17.9. The molecule has 0 aromatic rings. The van der Waals surface area contributed by atoms with Gasteiger partial charge in [-0.15, -0.1) is 0 Å². The number of rotatable bonds is 2. The van der Waals surface area contributed by atoms with E-state index in [0.717, 1.165) is 0 Å². The van der Waals surface area contributed by atoms with E-state index in [4.69, 9.17) is 9.47 Å². The van der Waals surface area contributed by atoms with Crippen LogP contribution < -0.4 is 0 Å². The van der Waals surface area contributed by atoms with Gasteiger partial charge in [-0.2, -0.15) is 0 Å². The molecule has 0 atom stereocenters. The second kappa shape index (κ2) is 3.80. The van der Waals surface area contributed by atoms with Gasteiger partial charge in [0.05, 0.1) is 14.2 Å². The Labute approximate surface area is 86.7 Å². The summed E-state index contributed by atoms with van der Waals surface area (Å²) in [6.45, 7) is 3.12. The average Bonchev–Trinajstić information content (AvgIpc) is 2.52. The van der Waals surface area contributed by atoms with Crippen LogP contribution in [0.3, 0.4) is 0 Å². The summed E-state index contributed by atoms with van der Waals surface area (Å²) in [6.07, 6.45) is 0. The minimum absolute atomic E-state index is 0.269. The summed E-state index contributed by atoms with van der Waals surface area (Å²) < 4.78 is 19.1. The van der Waals surface area contributed by atoms with Crippen LogP contribution in [0.4, 0.5) is 0 Å². The van der Waals surface area contributed by atoms with Crippen molar-refractivity contribution in [2.24, 2.45) is 0 Å². The van der Waals surface area contributed by atoms with Gasteiger partial charge in [0.2, 0.25) is 5.79 Å².